The van der Waals surface area contributed by atoms with E-state index in [9.17, 15) is 9.59 Å². The van der Waals surface area contributed by atoms with Crippen molar-refractivity contribution in [1.29, 1.82) is 0 Å². The molecule has 2 aromatic rings. The molecule has 1 unspecified atom stereocenters. The fourth-order valence-corrected chi connectivity index (χ4v) is 3.51. The number of benzene rings is 1. The molecule has 1 aromatic carbocycles. The number of nitrogens with zero attached hydrogens (tertiary/aromatic N) is 2. The van der Waals surface area contributed by atoms with Crippen molar-refractivity contribution in [3.05, 3.63) is 53.9 Å². The zero-order chi connectivity index (χ0) is 17.6. The maximum absolute atomic E-state index is 13.2. The Kier molecular flexibility index (Phi) is 3.56. The summed E-state index contributed by atoms with van der Waals surface area (Å²) in [4.78, 5) is 27.5. The van der Waals surface area contributed by atoms with Gasteiger partial charge in [0.05, 0.1) is 12.1 Å². The minimum absolute atomic E-state index is 0.112. The summed E-state index contributed by atoms with van der Waals surface area (Å²) in [5, 5.41) is 2.88. The molecule has 6 nitrogen and oxygen atoms in total. The second-order valence-electron chi connectivity index (χ2n) is 7.06. The Morgan fingerprint density at radius 3 is 2.84 bits per heavy atom. The van der Waals surface area contributed by atoms with E-state index in [1.54, 1.807) is 23.1 Å². The highest BCUT2D eigenvalue weighted by molar-refractivity contribution is 6.00. The predicted molar refractivity (Wildman–Crippen MR) is 92.3 cm³/mol. The smallest absolute Gasteiger partial charge is 0.255 e. The molecule has 1 aromatic heterocycles. The van der Waals surface area contributed by atoms with Gasteiger partial charge in [-0.2, -0.15) is 0 Å². The van der Waals surface area contributed by atoms with E-state index in [0.29, 0.717) is 24.4 Å². The van der Waals surface area contributed by atoms with Gasteiger partial charge < -0.3 is 19.5 Å². The number of aromatic nitrogens is 1. The van der Waals surface area contributed by atoms with Crippen LogP contribution >= 0.6 is 0 Å². The second-order valence-corrected chi connectivity index (χ2v) is 7.06. The van der Waals surface area contributed by atoms with E-state index in [1.165, 1.54) is 0 Å². The molecule has 0 fully saturated rings. The van der Waals surface area contributed by atoms with Gasteiger partial charge in [-0.25, -0.2) is 0 Å². The molecule has 2 aliphatic rings. The van der Waals surface area contributed by atoms with Crippen molar-refractivity contribution >= 4 is 11.8 Å². The van der Waals surface area contributed by atoms with Crippen LogP contribution in [0.1, 0.15) is 29.9 Å². The van der Waals surface area contributed by atoms with Crippen LogP contribution in [0.25, 0.3) is 0 Å². The number of carbonyl (C=O) groups is 2. The van der Waals surface area contributed by atoms with Gasteiger partial charge in [0.1, 0.15) is 17.4 Å². The molecule has 0 bridgehead atoms. The van der Waals surface area contributed by atoms with E-state index in [4.69, 9.17) is 4.74 Å². The Labute approximate surface area is 146 Å². The number of fused-ring (bicyclic) bond motifs is 2. The maximum Gasteiger partial charge on any atom is 0.255 e. The Hall–Kier alpha value is -2.76. The average molecular weight is 339 g/mol. The van der Waals surface area contributed by atoms with E-state index >= 15 is 0 Å². The third kappa shape index (κ3) is 2.67. The third-order valence-electron chi connectivity index (χ3n) is 4.92. The first-order valence-electron chi connectivity index (χ1n) is 8.47. The molecule has 0 aliphatic carbocycles. The normalized spacial score (nSPS) is 21.4. The summed E-state index contributed by atoms with van der Waals surface area (Å²) in [6.45, 7) is 5.60. The SMILES string of the molecule is CC1(C)Oc2ccccc2C(=O)NC1C(=O)N1CCn2cccc2C1. The fraction of sp³-hybridized carbons (Fsp3) is 0.368. The van der Waals surface area contributed by atoms with Crippen LogP contribution in [0.3, 0.4) is 0 Å². The summed E-state index contributed by atoms with van der Waals surface area (Å²) < 4.78 is 8.20. The molecule has 25 heavy (non-hydrogen) atoms. The summed E-state index contributed by atoms with van der Waals surface area (Å²) in [7, 11) is 0. The molecule has 2 aliphatic heterocycles. The fourth-order valence-electron chi connectivity index (χ4n) is 3.51. The zero-order valence-corrected chi connectivity index (χ0v) is 14.4. The Bertz CT molecular complexity index is 840. The van der Waals surface area contributed by atoms with Gasteiger partial charge in [0.15, 0.2) is 0 Å². The number of carbonyl (C=O) groups excluding carboxylic acids is 2. The lowest BCUT2D eigenvalue weighted by atomic mass is 9.96. The molecule has 130 valence electrons. The van der Waals surface area contributed by atoms with Crippen LogP contribution in [-0.4, -0.2) is 39.5 Å². The molecule has 6 heteroatoms. The number of amides is 2. The molecule has 3 heterocycles. The highest BCUT2D eigenvalue weighted by Crippen LogP contribution is 2.30. The van der Waals surface area contributed by atoms with Crippen molar-refractivity contribution in [2.75, 3.05) is 6.54 Å². The number of hydrogen-bond acceptors (Lipinski definition) is 3. The largest absolute Gasteiger partial charge is 0.484 e. The molecule has 1 N–H and O–H groups in total. The highest BCUT2D eigenvalue weighted by atomic mass is 16.5. The first-order valence-corrected chi connectivity index (χ1v) is 8.47. The van der Waals surface area contributed by atoms with E-state index in [2.05, 4.69) is 9.88 Å². The number of rotatable bonds is 1. The molecule has 0 saturated carbocycles. The van der Waals surface area contributed by atoms with E-state index in [-0.39, 0.29) is 11.8 Å². The topological polar surface area (TPSA) is 63.6 Å². The quantitative estimate of drug-likeness (QED) is 0.862. The number of para-hydroxylation sites is 1. The Balaban J connectivity index is 1.62. The van der Waals surface area contributed by atoms with Crippen LogP contribution in [0.5, 0.6) is 5.75 Å². The van der Waals surface area contributed by atoms with E-state index in [1.807, 2.05) is 38.2 Å². The predicted octanol–water partition coefficient (Wildman–Crippen LogP) is 1.80. The second kappa shape index (κ2) is 5.65. The van der Waals surface area contributed by atoms with Crippen molar-refractivity contribution in [1.82, 2.24) is 14.8 Å². The van der Waals surface area contributed by atoms with Gasteiger partial charge in [-0.05, 0) is 38.1 Å². The van der Waals surface area contributed by atoms with Crippen molar-refractivity contribution in [3.63, 3.8) is 0 Å². The summed E-state index contributed by atoms with van der Waals surface area (Å²) in [6, 6.07) is 10.3. The minimum Gasteiger partial charge on any atom is -0.484 e. The van der Waals surface area contributed by atoms with Gasteiger partial charge in [-0.15, -0.1) is 0 Å². The maximum atomic E-state index is 13.2. The van der Waals surface area contributed by atoms with Crippen molar-refractivity contribution in [2.24, 2.45) is 0 Å². The molecular weight excluding hydrogens is 318 g/mol. The standard InChI is InChI=1S/C19H21N3O3/c1-19(2)16(20-17(23)14-7-3-4-8-15(14)25-19)18(24)22-11-10-21-9-5-6-13(21)12-22/h3-9,16H,10-12H2,1-2H3,(H,20,23). The zero-order valence-electron chi connectivity index (χ0n) is 14.4. The molecular formula is C19H21N3O3. The van der Waals surface area contributed by atoms with E-state index < -0.39 is 11.6 Å². The van der Waals surface area contributed by atoms with Gasteiger partial charge >= 0.3 is 0 Å². The molecule has 4 rings (SSSR count). The molecule has 2 amide bonds. The van der Waals surface area contributed by atoms with Gasteiger partial charge in [0, 0.05) is 25.0 Å². The van der Waals surface area contributed by atoms with Crippen LogP contribution in [0.4, 0.5) is 0 Å². The average Bonchev–Trinajstić information content (AvgIpc) is 3.02. The van der Waals surface area contributed by atoms with Crippen LogP contribution in [0, 0.1) is 0 Å². The van der Waals surface area contributed by atoms with Crippen LogP contribution < -0.4 is 10.1 Å². The first-order chi connectivity index (χ1) is 12.0. The lowest BCUT2D eigenvalue weighted by molar-refractivity contribution is -0.139. The van der Waals surface area contributed by atoms with Crippen LogP contribution in [-0.2, 0) is 17.9 Å². The number of ether oxygens (including phenoxy) is 1. The lowest BCUT2D eigenvalue weighted by Gasteiger charge is -2.37. The third-order valence-corrected chi connectivity index (χ3v) is 4.92. The highest BCUT2D eigenvalue weighted by Gasteiger charge is 2.44. The summed E-state index contributed by atoms with van der Waals surface area (Å²) >= 11 is 0. The lowest BCUT2D eigenvalue weighted by Crippen LogP contribution is -2.60. The summed E-state index contributed by atoms with van der Waals surface area (Å²) in [5.74, 6) is 0.117. The molecule has 0 radical (unpaired) electrons. The van der Waals surface area contributed by atoms with E-state index in [0.717, 1.165) is 12.2 Å². The molecule has 1 atom stereocenters. The number of hydrogen-bond donors (Lipinski definition) is 1. The first kappa shape index (κ1) is 15.7. The molecule has 0 saturated heterocycles. The van der Waals surface area contributed by atoms with Crippen molar-refractivity contribution < 1.29 is 14.3 Å². The Morgan fingerprint density at radius 1 is 1.20 bits per heavy atom. The monoisotopic (exact) mass is 339 g/mol. The summed E-state index contributed by atoms with van der Waals surface area (Å²) in [5.41, 5.74) is 0.707. The van der Waals surface area contributed by atoms with Gasteiger partial charge in [-0.1, -0.05) is 12.1 Å². The molecule has 0 spiro atoms. The van der Waals surface area contributed by atoms with Gasteiger partial charge in [-0.3, -0.25) is 9.59 Å². The summed E-state index contributed by atoms with van der Waals surface area (Å²) in [6.07, 6.45) is 2.02. The Morgan fingerprint density at radius 2 is 2.00 bits per heavy atom. The van der Waals surface area contributed by atoms with Crippen LogP contribution in [0.2, 0.25) is 0 Å². The van der Waals surface area contributed by atoms with Crippen LogP contribution in [0.15, 0.2) is 42.6 Å². The van der Waals surface area contributed by atoms with Gasteiger partial charge in [0.25, 0.3) is 5.91 Å². The minimum atomic E-state index is -0.848. The number of nitrogens with one attached hydrogen (secondary N) is 1. The van der Waals surface area contributed by atoms with Crippen molar-refractivity contribution in [2.45, 2.75) is 38.6 Å². The van der Waals surface area contributed by atoms with Gasteiger partial charge in [0.2, 0.25) is 5.91 Å². The van der Waals surface area contributed by atoms with Crippen molar-refractivity contribution in [3.8, 4) is 5.75 Å².